The number of hydrogen-bond donors (Lipinski definition) is 1. The molecule has 0 saturated carbocycles. The van der Waals surface area contributed by atoms with Crippen molar-refractivity contribution < 1.29 is 13.9 Å². The predicted octanol–water partition coefficient (Wildman–Crippen LogP) is 2.44. The van der Waals surface area contributed by atoms with Crippen LogP contribution in [0.25, 0.3) is 0 Å². The molecule has 3 aliphatic heterocycles. The van der Waals surface area contributed by atoms with Crippen LogP contribution < -0.4 is 15.1 Å². The maximum absolute atomic E-state index is 14.1. The van der Waals surface area contributed by atoms with Gasteiger partial charge in [0.1, 0.15) is 6.10 Å². The summed E-state index contributed by atoms with van der Waals surface area (Å²) in [6.07, 6.45) is -0.395. The fraction of sp³-hybridized carbons (Fsp3) is 0.556. The zero-order valence-electron chi connectivity index (χ0n) is 15.0. The topological polar surface area (TPSA) is 48.1 Å². The number of cyclic esters (lactones) is 1. The lowest BCUT2D eigenvalue weighted by Gasteiger charge is -2.33. The minimum absolute atomic E-state index is 0.245. The first-order chi connectivity index (χ1) is 13.1. The van der Waals surface area contributed by atoms with Gasteiger partial charge in [0.15, 0.2) is 11.4 Å². The molecule has 3 aliphatic rings. The van der Waals surface area contributed by atoms with Gasteiger partial charge in [-0.25, -0.2) is 9.18 Å². The second-order valence-electron chi connectivity index (χ2n) is 6.86. The summed E-state index contributed by atoms with van der Waals surface area (Å²) in [5, 5.41) is 3.90. The summed E-state index contributed by atoms with van der Waals surface area (Å²) < 4.78 is 19.5. The van der Waals surface area contributed by atoms with Crippen molar-refractivity contribution in [1.82, 2.24) is 10.2 Å². The molecule has 2 unspecified atom stereocenters. The van der Waals surface area contributed by atoms with Crippen molar-refractivity contribution in [2.75, 3.05) is 54.0 Å². The number of halogens is 1. The SMILES string of the molecule is O=C1OC(CNC(=S)N2CCC2)CN1c1ccc(N2CCSCC2F)cc1. The van der Waals surface area contributed by atoms with Crippen LogP contribution in [0, 0.1) is 0 Å². The molecule has 27 heavy (non-hydrogen) atoms. The number of nitrogens with zero attached hydrogens (tertiary/aromatic N) is 3. The Morgan fingerprint density at radius 1 is 1.26 bits per heavy atom. The van der Waals surface area contributed by atoms with Gasteiger partial charge in [-0.1, -0.05) is 0 Å². The van der Waals surface area contributed by atoms with Crippen LogP contribution in [0.2, 0.25) is 0 Å². The van der Waals surface area contributed by atoms with Crippen LogP contribution in [0.5, 0.6) is 0 Å². The Balaban J connectivity index is 1.34. The van der Waals surface area contributed by atoms with Crippen LogP contribution in [-0.4, -0.2) is 72.7 Å². The number of carbonyl (C=O) groups excluding carboxylic acids is 1. The van der Waals surface area contributed by atoms with E-state index >= 15 is 0 Å². The Labute approximate surface area is 168 Å². The van der Waals surface area contributed by atoms with Gasteiger partial charge >= 0.3 is 6.09 Å². The molecule has 1 aromatic rings. The zero-order valence-corrected chi connectivity index (χ0v) is 16.6. The van der Waals surface area contributed by atoms with Gasteiger partial charge in [-0.3, -0.25) is 4.90 Å². The van der Waals surface area contributed by atoms with Crippen molar-refractivity contribution in [2.45, 2.75) is 18.8 Å². The van der Waals surface area contributed by atoms with E-state index in [0.717, 1.165) is 35.3 Å². The van der Waals surface area contributed by atoms with E-state index in [4.69, 9.17) is 17.0 Å². The molecule has 9 heteroatoms. The van der Waals surface area contributed by atoms with Gasteiger partial charge in [-0.2, -0.15) is 11.8 Å². The van der Waals surface area contributed by atoms with E-state index in [2.05, 4.69) is 10.2 Å². The van der Waals surface area contributed by atoms with E-state index in [9.17, 15) is 9.18 Å². The van der Waals surface area contributed by atoms with Crippen molar-refractivity contribution in [3.63, 3.8) is 0 Å². The summed E-state index contributed by atoms with van der Waals surface area (Å²) in [4.78, 5) is 17.7. The van der Waals surface area contributed by atoms with Crippen LogP contribution in [0.1, 0.15) is 6.42 Å². The molecule has 0 aliphatic carbocycles. The summed E-state index contributed by atoms with van der Waals surface area (Å²) in [5.41, 5.74) is 1.61. The van der Waals surface area contributed by atoms with E-state index in [1.165, 1.54) is 6.42 Å². The molecule has 2 atom stereocenters. The summed E-state index contributed by atoms with van der Waals surface area (Å²) in [5.74, 6) is 1.42. The first-order valence-electron chi connectivity index (χ1n) is 9.21. The molecule has 0 spiro atoms. The molecular weight excluding hydrogens is 387 g/mol. The molecule has 6 nitrogen and oxygen atoms in total. The van der Waals surface area contributed by atoms with E-state index < -0.39 is 6.30 Å². The zero-order chi connectivity index (χ0) is 18.8. The van der Waals surface area contributed by atoms with Crippen molar-refractivity contribution in [1.29, 1.82) is 0 Å². The maximum atomic E-state index is 14.1. The summed E-state index contributed by atoms with van der Waals surface area (Å²) >= 11 is 6.96. The summed E-state index contributed by atoms with van der Waals surface area (Å²) in [6.45, 7) is 3.65. The Bertz CT molecular complexity index is 701. The van der Waals surface area contributed by atoms with E-state index in [0.29, 0.717) is 25.4 Å². The van der Waals surface area contributed by atoms with Crippen LogP contribution in [0.4, 0.5) is 20.6 Å². The molecule has 3 heterocycles. The molecular formula is C18H23FN4O2S2. The predicted molar refractivity (Wildman–Crippen MR) is 110 cm³/mol. The molecule has 146 valence electrons. The van der Waals surface area contributed by atoms with Crippen molar-refractivity contribution in [2.24, 2.45) is 0 Å². The number of ether oxygens (including phenoxy) is 1. The van der Waals surface area contributed by atoms with Gasteiger partial charge in [0.25, 0.3) is 0 Å². The lowest BCUT2D eigenvalue weighted by atomic mass is 10.2. The van der Waals surface area contributed by atoms with Crippen molar-refractivity contribution in [3.05, 3.63) is 24.3 Å². The second kappa shape index (κ2) is 8.10. The largest absolute Gasteiger partial charge is 0.442 e. The smallest absolute Gasteiger partial charge is 0.414 e. The van der Waals surface area contributed by atoms with Gasteiger partial charge in [0, 0.05) is 42.5 Å². The minimum Gasteiger partial charge on any atom is -0.442 e. The van der Waals surface area contributed by atoms with Gasteiger partial charge < -0.3 is 19.9 Å². The Morgan fingerprint density at radius 3 is 2.67 bits per heavy atom. The second-order valence-corrected chi connectivity index (χ2v) is 8.40. The number of likely N-dealkylation sites (tertiary alicyclic amines) is 1. The first kappa shape index (κ1) is 18.6. The Hall–Kier alpha value is -1.74. The van der Waals surface area contributed by atoms with Crippen molar-refractivity contribution >= 4 is 46.6 Å². The molecule has 0 bridgehead atoms. The normalized spacial score (nSPS) is 25.2. The van der Waals surface area contributed by atoms with Crippen LogP contribution in [0.3, 0.4) is 0 Å². The summed E-state index contributed by atoms with van der Waals surface area (Å²) in [6, 6.07) is 7.45. The third-order valence-electron chi connectivity index (χ3n) is 5.06. The minimum atomic E-state index is -0.961. The fourth-order valence-electron chi connectivity index (χ4n) is 3.36. The average molecular weight is 411 g/mol. The molecule has 0 radical (unpaired) electrons. The van der Waals surface area contributed by atoms with Crippen LogP contribution >= 0.6 is 24.0 Å². The molecule has 1 aromatic carbocycles. The molecule has 1 N–H and O–H groups in total. The van der Waals surface area contributed by atoms with Gasteiger partial charge in [0.05, 0.1) is 13.1 Å². The van der Waals surface area contributed by atoms with Crippen LogP contribution in [-0.2, 0) is 4.74 Å². The molecule has 0 aromatic heterocycles. The highest BCUT2D eigenvalue weighted by atomic mass is 32.2. The third kappa shape index (κ3) is 4.08. The number of thioether (sulfide) groups is 1. The highest BCUT2D eigenvalue weighted by Crippen LogP contribution is 2.28. The number of alkyl halides is 1. The molecule has 3 fully saturated rings. The number of carbonyl (C=O) groups is 1. The number of anilines is 2. The average Bonchev–Trinajstić information content (AvgIpc) is 3.00. The Kier molecular flexibility index (Phi) is 5.58. The number of benzene rings is 1. The Morgan fingerprint density at radius 2 is 2.00 bits per heavy atom. The van der Waals surface area contributed by atoms with Gasteiger partial charge in [-0.15, -0.1) is 0 Å². The number of amides is 1. The third-order valence-corrected chi connectivity index (χ3v) is 6.45. The molecule has 3 saturated heterocycles. The van der Waals surface area contributed by atoms with Crippen molar-refractivity contribution in [3.8, 4) is 0 Å². The highest BCUT2D eigenvalue weighted by Gasteiger charge is 2.33. The summed E-state index contributed by atoms with van der Waals surface area (Å²) in [7, 11) is 0. The monoisotopic (exact) mass is 410 g/mol. The maximum Gasteiger partial charge on any atom is 0.414 e. The molecule has 4 rings (SSSR count). The first-order valence-corrected chi connectivity index (χ1v) is 10.8. The van der Waals surface area contributed by atoms with E-state index in [1.54, 1.807) is 21.6 Å². The van der Waals surface area contributed by atoms with Crippen LogP contribution in [0.15, 0.2) is 24.3 Å². The number of thiocarbonyl (C=S) groups is 1. The fourth-order valence-corrected chi connectivity index (χ4v) is 4.49. The highest BCUT2D eigenvalue weighted by molar-refractivity contribution is 7.99. The van der Waals surface area contributed by atoms with E-state index in [-0.39, 0.29) is 12.2 Å². The lowest BCUT2D eigenvalue weighted by molar-refractivity contribution is 0.142. The number of rotatable bonds is 4. The quantitative estimate of drug-likeness (QED) is 0.604. The standard InChI is InChI=1S/C18H23FN4O2S2/c19-16-12-27-9-8-22(16)13-2-4-14(5-3-13)23-11-15(25-18(23)24)10-20-17(26)21-6-1-7-21/h2-5,15-16H,1,6-12H2,(H,20,26). The van der Waals surface area contributed by atoms with Gasteiger partial charge in [-0.05, 0) is 42.9 Å². The van der Waals surface area contributed by atoms with Gasteiger partial charge in [0.2, 0.25) is 0 Å². The van der Waals surface area contributed by atoms with E-state index in [1.807, 2.05) is 24.3 Å². The molecule has 1 amide bonds. The number of hydrogen-bond acceptors (Lipinski definition) is 5. The lowest BCUT2D eigenvalue weighted by Crippen LogP contribution is -2.49. The number of nitrogens with one attached hydrogen (secondary N) is 1.